The molecule has 1 aliphatic heterocycles. The summed E-state index contributed by atoms with van der Waals surface area (Å²) in [6.07, 6.45) is 5.95. The lowest BCUT2D eigenvalue weighted by molar-refractivity contribution is -0.133. The Morgan fingerprint density at radius 3 is 2.76 bits per heavy atom. The maximum absolute atomic E-state index is 12.9. The minimum Gasteiger partial charge on any atom is -0.349 e. The molecule has 6 heteroatoms. The van der Waals surface area contributed by atoms with Gasteiger partial charge in [-0.2, -0.15) is 5.10 Å². The van der Waals surface area contributed by atoms with Crippen LogP contribution in [0.2, 0.25) is 0 Å². The van der Waals surface area contributed by atoms with Gasteiger partial charge in [0.25, 0.3) is 0 Å². The molecule has 0 radical (unpaired) electrons. The van der Waals surface area contributed by atoms with E-state index in [0.717, 1.165) is 31.5 Å². The van der Waals surface area contributed by atoms with Crippen LogP contribution >= 0.6 is 0 Å². The number of aromatic nitrogens is 2. The molecular formula is C19H24N4O2. The largest absolute Gasteiger partial charge is 0.349 e. The zero-order valence-corrected chi connectivity index (χ0v) is 14.5. The van der Waals surface area contributed by atoms with Crippen LogP contribution in [0.5, 0.6) is 0 Å². The second kappa shape index (κ2) is 7.96. The quantitative estimate of drug-likeness (QED) is 0.876. The normalized spacial score (nSPS) is 18.1. The maximum atomic E-state index is 12.9. The molecule has 3 rings (SSSR count). The van der Waals surface area contributed by atoms with Crippen molar-refractivity contribution in [1.82, 2.24) is 20.0 Å². The number of amides is 2. The van der Waals surface area contributed by atoms with Gasteiger partial charge in [-0.1, -0.05) is 30.3 Å². The van der Waals surface area contributed by atoms with Crippen LogP contribution in [0.3, 0.4) is 0 Å². The predicted octanol–water partition coefficient (Wildman–Crippen LogP) is 2.14. The zero-order chi connectivity index (χ0) is 17.6. The standard InChI is InChI=1S/C19H24N4O2/c1-15(24)21-18(16-7-3-2-4-8-16)13-19(25)23-12-5-9-17(23)14-22-11-6-10-20-22/h2-4,6-8,10-11,17-18H,5,9,12-14H2,1H3,(H,21,24)/t17-,18+/m0/s1. The number of nitrogens with one attached hydrogen (secondary N) is 1. The summed E-state index contributed by atoms with van der Waals surface area (Å²) in [5, 5.41) is 7.15. The maximum Gasteiger partial charge on any atom is 0.225 e. The molecule has 0 aliphatic carbocycles. The fourth-order valence-corrected chi connectivity index (χ4v) is 3.45. The van der Waals surface area contributed by atoms with Gasteiger partial charge in [0.05, 0.1) is 25.0 Å². The summed E-state index contributed by atoms with van der Waals surface area (Å²) < 4.78 is 1.87. The predicted molar refractivity (Wildman–Crippen MR) is 94.6 cm³/mol. The molecule has 132 valence electrons. The van der Waals surface area contributed by atoms with Crippen molar-refractivity contribution in [1.29, 1.82) is 0 Å². The fourth-order valence-electron chi connectivity index (χ4n) is 3.45. The summed E-state index contributed by atoms with van der Waals surface area (Å²) in [7, 11) is 0. The van der Waals surface area contributed by atoms with Crippen LogP contribution in [0.25, 0.3) is 0 Å². The average molecular weight is 340 g/mol. The van der Waals surface area contributed by atoms with E-state index >= 15 is 0 Å². The highest BCUT2D eigenvalue weighted by Crippen LogP contribution is 2.24. The van der Waals surface area contributed by atoms with Crippen LogP contribution in [-0.2, 0) is 16.1 Å². The molecule has 0 bridgehead atoms. The Morgan fingerprint density at radius 1 is 1.28 bits per heavy atom. The molecule has 1 aromatic carbocycles. The second-order valence-corrected chi connectivity index (χ2v) is 6.48. The highest BCUT2D eigenvalue weighted by atomic mass is 16.2. The van der Waals surface area contributed by atoms with Crippen LogP contribution in [0.4, 0.5) is 0 Å². The number of hydrogen-bond donors (Lipinski definition) is 1. The third-order valence-corrected chi connectivity index (χ3v) is 4.61. The van der Waals surface area contributed by atoms with Gasteiger partial charge in [-0.3, -0.25) is 14.3 Å². The highest BCUT2D eigenvalue weighted by Gasteiger charge is 2.30. The Morgan fingerprint density at radius 2 is 2.08 bits per heavy atom. The molecule has 2 heterocycles. The Kier molecular flexibility index (Phi) is 5.48. The van der Waals surface area contributed by atoms with Gasteiger partial charge in [-0.15, -0.1) is 0 Å². The first-order valence-corrected chi connectivity index (χ1v) is 8.72. The summed E-state index contributed by atoms with van der Waals surface area (Å²) >= 11 is 0. The van der Waals surface area contributed by atoms with Crippen LogP contribution in [0.15, 0.2) is 48.8 Å². The van der Waals surface area contributed by atoms with E-state index in [1.54, 1.807) is 6.20 Å². The van der Waals surface area contributed by atoms with E-state index in [0.29, 0.717) is 0 Å². The van der Waals surface area contributed by atoms with E-state index in [9.17, 15) is 9.59 Å². The van der Waals surface area contributed by atoms with Gasteiger partial charge in [-0.25, -0.2) is 0 Å². The molecule has 1 N–H and O–H groups in total. The van der Waals surface area contributed by atoms with E-state index in [2.05, 4.69) is 10.4 Å². The van der Waals surface area contributed by atoms with E-state index in [1.807, 2.05) is 52.2 Å². The topological polar surface area (TPSA) is 67.2 Å². The van der Waals surface area contributed by atoms with Crippen molar-refractivity contribution in [2.75, 3.05) is 6.54 Å². The smallest absolute Gasteiger partial charge is 0.225 e. The molecule has 2 atom stereocenters. The van der Waals surface area contributed by atoms with E-state index in [4.69, 9.17) is 0 Å². The van der Waals surface area contributed by atoms with Gasteiger partial charge >= 0.3 is 0 Å². The van der Waals surface area contributed by atoms with Gasteiger partial charge < -0.3 is 10.2 Å². The number of carbonyl (C=O) groups is 2. The van der Waals surface area contributed by atoms with Gasteiger partial charge in [0, 0.05) is 25.9 Å². The van der Waals surface area contributed by atoms with Crippen molar-refractivity contribution < 1.29 is 9.59 Å². The first kappa shape index (κ1) is 17.2. The monoisotopic (exact) mass is 340 g/mol. The van der Waals surface area contributed by atoms with Crippen molar-refractivity contribution in [2.24, 2.45) is 0 Å². The summed E-state index contributed by atoms with van der Waals surface area (Å²) in [4.78, 5) is 26.4. The third kappa shape index (κ3) is 4.47. The van der Waals surface area contributed by atoms with E-state index in [-0.39, 0.29) is 30.3 Å². The molecule has 6 nitrogen and oxygen atoms in total. The number of nitrogens with zero attached hydrogens (tertiary/aromatic N) is 3. The first-order chi connectivity index (χ1) is 12.1. The van der Waals surface area contributed by atoms with Crippen LogP contribution < -0.4 is 5.32 Å². The molecule has 1 saturated heterocycles. The van der Waals surface area contributed by atoms with Crippen molar-refractivity contribution in [2.45, 2.75) is 44.8 Å². The second-order valence-electron chi connectivity index (χ2n) is 6.48. The summed E-state index contributed by atoms with van der Waals surface area (Å²) in [6.45, 7) is 2.97. The lowest BCUT2D eigenvalue weighted by Crippen LogP contribution is -2.40. The summed E-state index contributed by atoms with van der Waals surface area (Å²) in [6, 6.07) is 11.4. The third-order valence-electron chi connectivity index (χ3n) is 4.61. The number of carbonyl (C=O) groups excluding carboxylic acids is 2. The zero-order valence-electron chi connectivity index (χ0n) is 14.5. The molecule has 2 amide bonds. The first-order valence-electron chi connectivity index (χ1n) is 8.72. The van der Waals surface area contributed by atoms with Crippen LogP contribution in [0, 0.1) is 0 Å². The molecule has 2 aromatic rings. The van der Waals surface area contributed by atoms with Crippen molar-refractivity contribution in [3.8, 4) is 0 Å². The molecule has 25 heavy (non-hydrogen) atoms. The Bertz CT molecular complexity index is 699. The Labute approximate surface area is 147 Å². The molecule has 0 unspecified atom stereocenters. The lowest BCUT2D eigenvalue weighted by atomic mass is 10.0. The Hall–Kier alpha value is -2.63. The number of rotatable bonds is 6. The average Bonchev–Trinajstić information content (AvgIpc) is 3.27. The van der Waals surface area contributed by atoms with Crippen LogP contribution in [-0.4, -0.2) is 39.1 Å². The highest BCUT2D eigenvalue weighted by molar-refractivity contribution is 5.79. The molecule has 0 spiro atoms. The SMILES string of the molecule is CC(=O)N[C@H](CC(=O)N1CCC[C@H]1Cn1cccn1)c1ccccc1. The van der Waals surface area contributed by atoms with Gasteiger partial charge in [-0.05, 0) is 24.5 Å². The minimum atomic E-state index is -0.294. The fraction of sp³-hybridized carbons (Fsp3) is 0.421. The molecule has 0 saturated carbocycles. The molecule has 1 fully saturated rings. The minimum absolute atomic E-state index is 0.0808. The number of benzene rings is 1. The van der Waals surface area contributed by atoms with Gasteiger partial charge in [0.2, 0.25) is 11.8 Å². The lowest BCUT2D eigenvalue weighted by Gasteiger charge is -2.27. The van der Waals surface area contributed by atoms with Crippen LogP contribution in [0.1, 0.15) is 37.8 Å². The number of likely N-dealkylation sites (tertiary alicyclic amines) is 1. The van der Waals surface area contributed by atoms with Crippen molar-refractivity contribution >= 4 is 11.8 Å². The summed E-state index contributed by atoms with van der Waals surface area (Å²) in [5.41, 5.74) is 0.953. The van der Waals surface area contributed by atoms with Crippen molar-refractivity contribution in [3.05, 3.63) is 54.4 Å². The van der Waals surface area contributed by atoms with E-state index in [1.165, 1.54) is 6.92 Å². The van der Waals surface area contributed by atoms with Gasteiger partial charge in [0.15, 0.2) is 0 Å². The number of hydrogen-bond acceptors (Lipinski definition) is 3. The molecule has 1 aliphatic rings. The molecule has 1 aromatic heterocycles. The Balaban J connectivity index is 1.68. The molecular weight excluding hydrogens is 316 g/mol. The summed E-state index contributed by atoms with van der Waals surface area (Å²) in [5.74, 6) is -0.0478. The van der Waals surface area contributed by atoms with E-state index < -0.39 is 0 Å². The van der Waals surface area contributed by atoms with Crippen molar-refractivity contribution in [3.63, 3.8) is 0 Å². The van der Waals surface area contributed by atoms with Gasteiger partial charge in [0.1, 0.15) is 0 Å².